The lowest BCUT2D eigenvalue weighted by Gasteiger charge is -2.19. The van der Waals surface area contributed by atoms with Crippen molar-refractivity contribution < 1.29 is 0 Å². The van der Waals surface area contributed by atoms with Crippen LogP contribution >= 0.6 is 0 Å². The van der Waals surface area contributed by atoms with Gasteiger partial charge in [-0.3, -0.25) is 0 Å². The minimum Gasteiger partial charge on any atom is -0.310 e. The third-order valence-electron chi connectivity index (χ3n) is 3.83. The highest BCUT2D eigenvalue weighted by Crippen LogP contribution is 2.16. The van der Waals surface area contributed by atoms with E-state index in [4.69, 9.17) is 0 Å². The van der Waals surface area contributed by atoms with Gasteiger partial charge in [-0.15, -0.1) is 0 Å². The van der Waals surface area contributed by atoms with Gasteiger partial charge in [0.05, 0.1) is 0 Å². The van der Waals surface area contributed by atoms with Crippen LogP contribution in [-0.4, -0.2) is 36.6 Å². The summed E-state index contributed by atoms with van der Waals surface area (Å²) >= 11 is 0. The van der Waals surface area contributed by atoms with E-state index in [1.807, 2.05) is 0 Å². The lowest BCUT2D eigenvalue weighted by atomic mass is 10.0. The van der Waals surface area contributed by atoms with Gasteiger partial charge in [0.15, 0.2) is 0 Å². The second-order valence-electron chi connectivity index (χ2n) is 6.11. The molecule has 0 spiro atoms. The molecule has 0 saturated carbocycles. The number of nitrogens with one attached hydrogen (secondary N) is 1. The first-order valence-electron chi connectivity index (χ1n) is 6.95. The zero-order valence-corrected chi connectivity index (χ0v) is 11.8. The number of hydrogen-bond acceptors (Lipinski definition) is 2. The van der Waals surface area contributed by atoms with Crippen molar-refractivity contribution in [3.05, 3.63) is 0 Å². The molecule has 2 heteroatoms. The van der Waals surface area contributed by atoms with Crippen LogP contribution in [0, 0.1) is 5.92 Å². The molecule has 1 N–H and O–H groups in total. The molecule has 1 saturated heterocycles. The van der Waals surface area contributed by atoms with E-state index in [2.05, 4.69) is 45.0 Å². The van der Waals surface area contributed by atoms with Gasteiger partial charge in [-0.2, -0.15) is 0 Å². The summed E-state index contributed by atoms with van der Waals surface area (Å²) in [4.78, 5) is 2.46. The first-order valence-corrected chi connectivity index (χ1v) is 6.95. The Balaban J connectivity index is 2.12. The normalized spacial score (nSPS) is 28.9. The van der Waals surface area contributed by atoms with Crippen LogP contribution in [0.25, 0.3) is 0 Å². The molecule has 0 aromatic rings. The van der Waals surface area contributed by atoms with Crippen molar-refractivity contribution in [1.29, 1.82) is 0 Å². The Morgan fingerprint density at radius 1 is 1.25 bits per heavy atom. The Kier molecular flexibility index (Phi) is 5.77. The molecule has 96 valence electrons. The highest BCUT2D eigenvalue weighted by atomic mass is 15.2. The van der Waals surface area contributed by atoms with E-state index in [1.54, 1.807) is 0 Å². The lowest BCUT2D eigenvalue weighted by Crippen LogP contribution is -2.38. The van der Waals surface area contributed by atoms with Gasteiger partial charge in [0.2, 0.25) is 0 Å². The molecule has 0 aromatic carbocycles. The maximum Gasteiger partial charge on any atom is 0.0212 e. The van der Waals surface area contributed by atoms with Crippen LogP contribution in [0.1, 0.15) is 53.4 Å². The van der Waals surface area contributed by atoms with Crippen molar-refractivity contribution in [3.63, 3.8) is 0 Å². The zero-order valence-electron chi connectivity index (χ0n) is 11.8. The molecule has 16 heavy (non-hydrogen) atoms. The van der Waals surface area contributed by atoms with Crippen LogP contribution < -0.4 is 5.32 Å². The molecule has 0 aromatic heterocycles. The highest BCUT2D eigenvalue weighted by molar-refractivity contribution is 4.86. The molecular weight excluding hydrogens is 196 g/mol. The summed E-state index contributed by atoms with van der Waals surface area (Å²) in [6, 6.07) is 2.15. The van der Waals surface area contributed by atoms with Gasteiger partial charge in [-0.1, -0.05) is 26.7 Å². The van der Waals surface area contributed by atoms with Crippen molar-refractivity contribution in [3.8, 4) is 0 Å². The average molecular weight is 226 g/mol. The molecule has 1 aliphatic heterocycles. The van der Waals surface area contributed by atoms with Gasteiger partial charge < -0.3 is 10.2 Å². The van der Waals surface area contributed by atoms with Crippen LogP contribution in [0.4, 0.5) is 0 Å². The highest BCUT2D eigenvalue weighted by Gasteiger charge is 2.26. The maximum atomic E-state index is 3.77. The Morgan fingerprint density at radius 2 is 1.94 bits per heavy atom. The summed E-state index contributed by atoms with van der Waals surface area (Å²) in [5.41, 5.74) is 0. The molecule has 0 bridgehead atoms. The molecule has 0 amide bonds. The van der Waals surface area contributed by atoms with Gasteiger partial charge in [0.25, 0.3) is 0 Å². The van der Waals surface area contributed by atoms with E-state index >= 15 is 0 Å². The SMILES string of the molecule is CC(C)CCCC(C)NC1CC(C)N(C)C1. The van der Waals surface area contributed by atoms with Crippen molar-refractivity contribution in [2.75, 3.05) is 13.6 Å². The monoisotopic (exact) mass is 226 g/mol. The van der Waals surface area contributed by atoms with E-state index < -0.39 is 0 Å². The van der Waals surface area contributed by atoms with Gasteiger partial charge in [-0.25, -0.2) is 0 Å². The van der Waals surface area contributed by atoms with E-state index in [1.165, 1.54) is 32.2 Å². The number of nitrogens with zero attached hydrogens (tertiary/aromatic N) is 1. The summed E-state index contributed by atoms with van der Waals surface area (Å²) in [5.74, 6) is 0.852. The Hall–Kier alpha value is -0.0800. The molecule has 1 fully saturated rings. The molecule has 3 atom stereocenters. The predicted molar refractivity (Wildman–Crippen MR) is 71.8 cm³/mol. The fraction of sp³-hybridized carbons (Fsp3) is 1.00. The second kappa shape index (κ2) is 6.61. The van der Waals surface area contributed by atoms with E-state index in [9.17, 15) is 0 Å². The van der Waals surface area contributed by atoms with Crippen LogP contribution in [0.15, 0.2) is 0 Å². The fourth-order valence-electron chi connectivity index (χ4n) is 2.63. The summed E-state index contributed by atoms with van der Waals surface area (Å²) in [5, 5.41) is 3.77. The average Bonchev–Trinajstić information content (AvgIpc) is 2.44. The Labute approximate surface area is 102 Å². The largest absolute Gasteiger partial charge is 0.310 e. The third-order valence-corrected chi connectivity index (χ3v) is 3.83. The van der Waals surface area contributed by atoms with Crippen LogP contribution in [-0.2, 0) is 0 Å². The summed E-state index contributed by atoms with van der Waals surface area (Å²) in [6.07, 6.45) is 5.37. The Morgan fingerprint density at radius 3 is 2.44 bits per heavy atom. The van der Waals surface area contributed by atoms with Gasteiger partial charge in [-0.05, 0) is 39.7 Å². The lowest BCUT2D eigenvalue weighted by molar-refractivity contribution is 0.323. The number of likely N-dealkylation sites (tertiary alicyclic amines) is 1. The minimum atomic E-state index is 0.683. The smallest absolute Gasteiger partial charge is 0.0212 e. The quantitative estimate of drug-likeness (QED) is 0.749. The van der Waals surface area contributed by atoms with Gasteiger partial charge in [0, 0.05) is 24.7 Å². The molecule has 3 unspecified atom stereocenters. The van der Waals surface area contributed by atoms with Crippen LogP contribution in [0.5, 0.6) is 0 Å². The van der Waals surface area contributed by atoms with Gasteiger partial charge in [0.1, 0.15) is 0 Å². The number of likely N-dealkylation sites (N-methyl/N-ethyl adjacent to an activating group) is 1. The van der Waals surface area contributed by atoms with E-state index in [-0.39, 0.29) is 0 Å². The predicted octanol–water partition coefficient (Wildman–Crippen LogP) is 2.88. The fourth-order valence-corrected chi connectivity index (χ4v) is 2.63. The topological polar surface area (TPSA) is 15.3 Å². The number of hydrogen-bond donors (Lipinski definition) is 1. The Bertz CT molecular complexity index is 181. The molecule has 0 radical (unpaired) electrons. The standard InChI is InChI=1S/C14H30N2/c1-11(2)7-6-8-12(3)15-14-9-13(4)16(5)10-14/h11-15H,6-10H2,1-5H3. The molecule has 0 aliphatic carbocycles. The van der Waals surface area contributed by atoms with Gasteiger partial charge >= 0.3 is 0 Å². The molecule has 1 heterocycles. The zero-order chi connectivity index (χ0) is 12.1. The first-order chi connectivity index (χ1) is 7.49. The summed E-state index contributed by atoms with van der Waals surface area (Å²) < 4.78 is 0. The van der Waals surface area contributed by atoms with Crippen molar-refractivity contribution in [1.82, 2.24) is 10.2 Å². The van der Waals surface area contributed by atoms with Crippen molar-refractivity contribution >= 4 is 0 Å². The first kappa shape index (κ1) is 14.0. The molecule has 1 aliphatic rings. The summed E-state index contributed by atoms with van der Waals surface area (Å²) in [6.45, 7) is 10.5. The van der Waals surface area contributed by atoms with Crippen molar-refractivity contribution in [2.24, 2.45) is 5.92 Å². The van der Waals surface area contributed by atoms with Crippen molar-refractivity contribution in [2.45, 2.75) is 71.5 Å². The van der Waals surface area contributed by atoms with Crippen LogP contribution in [0.2, 0.25) is 0 Å². The minimum absolute atomic E-state index is 0.683. The van der Waals surface area contributed by atoms with E-state index in [0.717, 1.165) is 12.0 Å². The maximum absolute atomic E-state index is 3.77. The van der Waals surface area contributed by atoms with Crippen LogP contribution in [0.3, 0.4) is 0 Å². The second-order valence-corrected chi connectivity index (χ2v) is 6.11. The molecule has 1 rings (SSSR count). The third kappa shape index (κ3) is 4.84. The molecular formula is C14H30N2. The molecule has 2 nitrogen and oxygen atoms in total. The number of rotatable bonds is 6. The van der Waals surface area contributed by atoms with E-state index in [0.29, 0.717) is 12.1 Å². The summed E-state index contributed by atoms with van der Waals surface area (Å²) in [7, 11) is 2.23.